The maximum Gasteiger partial charge on any atom is 0.174 e. The molecule has 6 aromatic rings. The van der Waals surface area contributed by atoms with Gasteiger partial charge in [0.15, 0.2) is 4.90 Å². The van der Waals surface area contributed by atoms with Crippen molar-refractivity contribution >= 4 is 105 Å². The van der Waals surface area contributed by atoms with Gasteiger partial charge in [-0.15, -0.1) is 4.72 Å². The van der Waals surface area contributed by atoms with E-state index in [0.717, 1.165) is 111 Å². The zero-order chi connectivity index (χ0) is 48.9. The van der Waals surface area contributed by atoms with E-state index in [1.165, 1.54) is 22.3 Å². The van der Waals surface area contributed by atoms with Crippen molar-refractivity contribution in [1.82, 2.24) is 34.2 Å². The molecule has 0 spiro atoms. The third kappa shape index (κ3) is 13.0. The molecule has 3 heterocycles. The Kier molecular flexibility index (Phi) is 18.4. The molecule has 0 bridgehead atoms. The number of rotatable bonds is 18. The molecule has 6 aromatic carbocycles. The van der Waals surface area contributed by atoms with E-state index in [-0.39, 0.29) is 17.8 Å². The van der Waals surface area contributed by atoms with E-state index in [2.05, 4.69) is 115 Å². The summed E-state index contributed by atoms with van der Waals surface area (Å²) in [5.74, 6) is 0.371. The molecule has 0 saturated heterocycles. The van der Waals surface area contributed by atoms with E-state index in [1.807, 2.05) is 36.4 Å². The number of hydrogen-bond acceptors (Lipinski definition) is 10. The van der Waals surface area contributed by atoms with Gasteiger partial charge in [-0.2, -0.15) is 0 Å². The van der Waals surface area contributed by atoms with E-state index in [0.29, 0.717) is 39.7 Å². The summed E-state index contributed by atoms with van der Waals surface area (Å²) in [4.78, 5) is 10.0. The molecule has 0 aromatic heterocycles. The number of fused-ring (bicyclic) bond motifs is 3. The molecule has 17 heteroatoms. The first-order valence-electron chi connectivity index (χ1n) is 23.3. The number of hydrogen-bond donors (Lipinski definition) is 4. The predicted molar refractivity (Wildman–Crippen MR) is 297 cm³/mol. The van der Waals surface area contributed by atoms with Gasteiger partial charge in [0.05, 0.1) is 17.9 Å². The van der Waals surface area contributed by atoms with Crippen LogP contribution in [0, 0.1) is 0 Å². The molecular weight excluding hydrogens is 1060 g/mol. The van der Waals surface area contributed by atoms with Crippen LogP contribution in [0.3, 0.4) is 0 Å². The average Bonchev–Trinajstić information content (AvgIpc) is 3.34. The molecule has 368 valence electrons. The third-order valence-corrected chi connectivity index (χ3v) is 17.8. The molecule has 70 heavy (non-hydrogen) atoms. The Morgan fingerprint density at radius 1 is 0.586 bits per heavy atom. The molecule has 0 aliphatic carbocycles. The summed E-state index contributed by atoms with van der Waals surface area (Å²) in [5.41, 5.74) is 10.4. The van der Waals surface area contributed by atoms with Gasteiger partial charge in [0, 0.05) is 130 Å². The fourth-order valence-corrected chi connectivity index (χ4v) is 14.0. The number of nitrogens with one attached hydrogen (secondary N) is 4. The lowest BCUT2D eigenvalue weighted by molar-refractivity contribution is 0.289. The summed E-state index contributed by atoms with van der Waals surface area (Å²) in [6, 6.07) is 37.1. The zero-order valence-electron chi connectivity index (χ0n) is 38.9. The summed E-state index contributed by atoms with van der Waals surface area (Å²) in [6.07, 6.45) is 0. The highest BCUT2D eigenvalue weighted by Crippen LogP contribution is 2.41. The van der Waals surface area contributed by atoms with Crippen LogP contribution in [-0.2, 0) is 31.0 Å². The van der Waals surface area contributed by atoms with Crippen LogP contribution in [-0.4, -0.2) is 92.3 Å². The lowest BCUT2D eigenvalue weighted by Crippen LogP contribution is -2.40. The lowest BCUT2D eigenvalue weighted by atomic mass is 9.85. The molecule has 0 radical (unpaired) electrons. The minimum Gasteiger partial charge on any atom is -0.593 e. The summed E-state index contributed by atoms with van der Waals surface area (Å²) in [5, 5.41) is 7.54. The van der Waals surface area contributed by atoms with Gasteiger partial charge in [-0.05, 0) is 161 Å². The van der Waals surface area contributed by atoms with Crippen LogP contribution in [0.1, 0.15) is 67.8 Å². The van der Waals surface area contributed by atoms with Gasteiger partial charge in [-0.3, -0.25) is 14.3 Å². The molecular formula is C53H55Cl6N7OS3. The molecule has 3 aliphatic heterocycles. The summed E-state index contributed by atoms with van der Waals surface area (Å²) >= 11 is 41.3. The number of halogens is 6. The summed E-state index contributed by atoms with van der Waals surface area (Å²) in [7, 11) is 4.27. The van der Waals surface area contributed by atoms with Crippen molar-refractivity contribution in [3.05, 3.63) is 189 Å². The molecule has 4 unspecified atom stereocenters. The van der Waals surface area contributed by atoms with Gasteiger partial charge >= 0.3 is 0 Å². The van der Waals surface area contributed by atoms with Gasteiger partial charge in [-0.25, -0.2) is 0 Å². The first-order valence-corrected chi connectivity index (χ1v) is 28.4. The van der Waals surface area contributed by atoms with Crippen molar-refractivity contribution in [1.29, 1.82) is 0 Å². The van der Waals surface area contributed by atoms with Crippen molar-refractivity contribution in [3.63, 3.8) is 0 Å². The van der Waals surface area contributed by atoms with E-state index in [1.54, 1.807) is 30.0 Å². The Morgan fingerprint density at radius 3 is 1.57 bits per heavy atom. The van der Waals surface area contributed by atoms with Crippen LogP contribution >= 0.6 is 93.5 Å². The van der Waals surface area contributed by atoms with Gasteiger partial charge < -0.3 is 19.7 Å². The second kappa shape index (κ2) is 24.4. The van der Waals surface area contributed by atoms with Gasteiger partial charge in [-0.1, -0.05) is 106 Å². The number of benzene rings is 6. The van der Waals surface area contributed by atoms with Crippen LogP contribution in [0.2, 0.25) is 30.1 Å². The van der Waals surface area contributed by atoms with Gasteiger partial charge in [0.25, 0.3) is 0 Å². The number of likely N-dealkylation sites (N-methyl/N-ethyl adjacent to an activating group) is 2. The van der Waals surface area contributed by atoms with Crippen LogP contribution in [0.4, 0.5) is 0 Å². The van der Waals surface area contributed by atoms with Crippen molar-refractivity contribution in [3.8, 4) is 0 Å². The Bertz CT molecular complexity index is 2680. The summed E-state index contributed by atoms with van der Waals surface area (Å²) in [6.45, 7) is 9.10. The van der Waals surface area contributed by atoms with Gasteiger partial charge in [0.2, 0.25) is 0 Å². The first kappa shape index (κ1) is 52.6. The Morgan fingerprint density at radius 2 is 1.04 bits per heavy atom. The lowest BCUT2D eigenvalue weighted by Gasteiger charge is -2.33. The Balaban J connectivity index is 0.835. The highest BCUT2D eigenvalue weighted by molar-refractivity contribution is 7.97. The molecule has 3 aliphatic rings. The summed E-state index contributed by atoms with van der Waals surface area (Å²) < 4.78 is 24.4. The maximum atomic E-state index is 13.8. The van der Waals surface area contributed by atoms with Crippen LogP contribution in [0.15, 0.2) is 124 Å². The fourth-order valence-electron chi connectivity index (χ4n) is 9.96. The highest BCUT2D eigenvalue weighted by Gasteiger charge is 2.30. The molecule has 0 amide bonds. The second-order valence-corrected chi connectivity index (χ2v) is 24.0. The Labute approximate surface area is 454 Å². The molecule has 9 rings (SSSR count). The van der Waals surface area contributed by atoms with Crippen molar-refractivity contribution in [2.24, 2.45) is 0 Å². The molecule has 0 saturated carbocycles. The fraction of sp³-hybridized carbons (Fsp3) is 0.321. The molecule has 4 atom stereocenters. The highest BCUT2D eigenvalue weighted by atomic mass is 35.5. The third-order valence-electron chi connectivity index (χ3n) is 13.3. The SMILES string of the molecule is CN1Cc2c(Cl)cc(Cl)cc2C(c2cccc(SNCCN(CCNSc3cccc(C4CN(C)Cc5c(Cl)cc(Cl)cc54)c3)CCN[S+]([O-])c3cccc(C4CNCc5c(Cl)cc(Cl)cc54)c3)c2)C1. The van der Waals surface area contributed by atoms with Crippen molar-refractivity contribution in [2.45, 2.75) is 52.1 Å². The molecule has 0 fully saturated rings. The van der Waals surface area contributed by atoms with Crippen LogP contribution in [0.25, 0.3) is 0 Å². The normalized spacial score (nSPS) is 18.7. The topological polar surface area (TPSA) is 80.9 Å². The van der Waals surface area contributed by atoms with Crippen molar-refractivity contribution < 1.29 is 4.55 Å². The maximum absolute atomic E-state index is 13.8. The Hall–Kier alpha value is -2.21. The number of nitrogens with zero attached hydrogens (tertiary/aromatic N) is 3. The van der Waals surface area contributed by atoms with E-state index < -0.39 is 11.4 Å². The zero-order valence-corrected chi connectivity index (χ0v) is 45.8. The van der Waals surface area contributed by atoms with E-state index in [4.69, 9.17) is 69.6 Å². The van der Waals surface area contributed by atoms with Crippen LogP contribution in [0.5, 0.6) is 0 Å². The minimum atomic E-state index is -1.42. The smallest absolute Gasteiger partial charge is 0.174 e. The van der Waals surface area contributed by atoms with E-state index in [9.17, 15) is 4.55 Å². The van der Waals surface area contributed by atoms with Gasteiger partial charge in [0.1, 0.15) is 0 Å². The molecule has 4 N–H and O–H groups in total. The van der Waals surface area contributed by atoms with E-state index >= 15 is 0 Å². The standard InChI is InChI=1S/C53H55Cl6N7OS3/c1-64-29-47(43-22-37(55)25-52(58)49(43)31-64)33-6-3-9-39(18-33)68-61-12-15-66(16-13-62-69-40-10-4-7-34(19-40)48-30-65(2)32-50-44(48)23-38(56)26-53(50)59)17-14-63-70(67)41-11-5-8-35(20-41)45-27-60-28-46-42(45)21-36(54)24-51(46)57/h3-11,18-26,45,47-48,60-63H,12-17,27-32H2,1-2H3. The predicted octanol–water partition coefficient (Wildman–Crippen LogP) is 12.5. The first-order chi connectivity index (χ1) is 33.9. The monoisotopic (exact) mass is 1110 g/mol. The second-order valence-electron chi connectivity index (χ2n) is 18.3. The molecule has 8 nitrogen and oxygen atoms in total. The average molecular weight is 1110 g/mol. The largest absolute Gasteiger partial charge is 0.593 e. The minimum absolute atomic E-state index is 0.0424. The van der Waals surface area contributed by atoms with Crippen molar-refractivity contribution in [2.75, 3.05) is 73.0 Å². The van der Waals surface area contributed by atoms with Crippen LogP contribution < -0.4 is 19.5 Å². The quantitative estimate of drug-likeness (QED) is 0.0380.